The molecule has 6 nitrogen and oxygen atoms in total. The van der Waals surface area contributed by atoms with Crippen molar-refractivity contribution in [2.75, 3.05) is 0 Å². The van der Waals surface area contributed by atoms with Crippen LogP contribution >= 0.6 is 9.24 Å². The first-order valence-corrected chi connectivity index (χ1v) is 14.2. The van der Waals surface area contributed by atoms with Gasteiger partial charge in [0.05, 0.1) is 17.8 Å². The van der Waals surface area contributed by atoms with E-state index < -0.39 is 41.1 Å². The largest absolute Gasteiger partial charge is 0.481 e. The second-order valence-corrected chi connectivity index (χ2v) is 14.6. The molecule has 0 aliphatic rings. The molecule has 0 amide bonds. The summed E-state index contributed by atoms with van der Waals surface area (Å²) in [5.41, 5.74) is -0.172. The monoisotopic (exact) mass is 530 g/mol. The van der Waals surface area contributed by atoms with Crippen molar-refractivity contribution in [1.82, 2.24) is 0 Å². The van der Waals surface area contributed by atoms with Gasteiger partial charge in [0.2, 0.25) is 0 Å². The highest BCUT2D eigenvalue weighted by atomic mass is 31.0. The Kier molecular flexibility index (Phi) is 13.7. The molecule has 0 saturated heterocycles. The van der Waals surface area contributed by atoms with Crippen LogP contribution in [0.25, 0.3) is 0 Å². The summed E-state index contributed by atoms with van der Waals surface area (Å²) in [5, 5.41) is 29.9. The molecule has 9 atom stereocenters. The summed E-state index contributed by atoms with van der Waals surface area (Å²) in [5.74, 6) is -4.62. The van der Waals surface area contributed by atoms with E-state index in [4.69, 9.17) is 0 Å². The van der Waals surface area contributed by atoms with Crippen LogP contribution in [0.5, 0.6) is 0 Å². The van der Waals surface area contributed by atoms with Crippen LogP contribution in [0.4, 0.5) is 0 Å². The molecule has 0 heterocycles. The molecule has 7 heteroatoms. The average Bonchev–Trinajstić information content (AvgIpc) is 2.70. The van der Waals surface area contributed by atoms with Crippen LogP contribution in [0.3, 0.4) is 0 Å². The lowest BCUT2D eigenvalue weighted by atomic mass is 9.64. The van der Waals surface area contributed by atoms with E-state index >= 15 is 0 Å². The maximum Gasteiger partial charge on any atom is 0.306 e. The topological polar surface area (TPSA) is 112 Å². The third-order valence-electron chi connectivity index (χ3n) is 8.69. The zero-order valence-electron chi connectivity index (χ0n) is 24.7. The van der Waals surface area contributed by atoms with Crippen molar-refractivity contribution in [3.63, 3.8) is 0 Å². The number of carbonyl (C=O) groups is 3. The third-order valence-corrected chi connectivity index (χ3v) is 9.62. The third kappa shape index (κ3) is 11.1. The highest BCUT2D eigenvalue weighted by molar-refractivity contribution is 7.17. The Labute approximate surface area is 222 Å². The van der Waals surface area contributed by atoms with Gasteiger partial charge in [0.25, 0.3) is 0 Å². The molecule has 0 aliphatic carbocycles. The summed E-state index contributed by atoms with van der Waals surface area (Å²) in [6, 6.07) is 0. The lowest BCUT2D eigenvalue weighted by Gasteiger charge is -2.40. The Morgan fingerprint density at radius 1 is 0.667 bits per heavy atom. The van der Waals surface area contributed by atoms with Gasteiger partial charge >= 0.3 is 17.9 Å². The molecule has 0 rings (SSSR count). The minimum atomic E-state index is -0.902. The minimum absolute atomic E-state index is 0.0481. The molecule has 3 N–H and O–H groups in total. The fraction of sp³-hybridized carbons (Fsp3) is 0.897. The Hall–Kier alpha value is -1.16. The number of aliphatic carboxylic acids is 3. The second-order valence-electron chi connectivity index (χ2n) is 13.8. The molecule has 0 saturated carbocycles. The molecule has 0 fully saturated rings. The number of hydrogen-bond donors (Lipinski definition) is 3. The van der Waals surface area contributed by atoms with E-state index in [0.717, 1.165) is 6.42 Å². The highest BCUT2D eigenvalue weighted by Gasteiger charge is 2.42. The van der Waals surface area contributed by atoms with E-state index in [1.54, 1.807) is 0 Å². The molecule has 9 unspecified atom stereocenters. The van der Waals surface area contributed by atoms with Gasteiger partial charge < -0.3 is 15.3 Å². The van der Waals surface area contributed by atoms with E-state index in [9.17, 15) is 29.7 Å². The van der Waals surface area contributed by atoms with Gasteiger partial charge in [-0.3, -0.25) is 14.4 Å². The van der Waals surface area contributed by atoms with Crippen molar-refractivity contribution in [2.45, 2.75) is 108 Å². The summed E-state index contributed by atoms with van der Waals surface area (Å²) < 4.78 is 0. The maximum atomic E-state index is 12.4. The van der Waals surface area contributed by atoms with Crippen molar-refractivity contribution in [3.05, 3.63) is 0 Å². The summed E-state index contributed by atoms with van der Waals surface area (Å²) in [7, 11) is 2.85. The van der Waals surface area contributed by atoms with Crippen LogP contribution in [0.2, 0.25) is 0 Å². The van der Waals surface area contributed by atoms with Crippen LogP contribution in [-0.4, -0.2) is 38.9 Å². The first kappa shape index (κ1) is 34.8. The summed E-state index contributed by atoms with van der Waals surface area (Å²) >= 11 is 0. The van der Waals surface area contributed by atoms with E-state index in [1.165, 1.54) is 0 Å². The van der Waals surface area contributed by atoms with Gasteiger partial charge in [-0.25, -0.2) is 0 Å². The van der Waals surface area contributed by atoms with Gasteiger partial charge in [0.1, 0.15) is 0 Å². The molecule has 0 radical (unpaired) electrons. The van der Waals surface area contributed by atoms with Crippen LogP contribution in [0.1, 0.15) is 102 Å². The number of rotatable bonds is 16. The van der Waals surface area contributed by atoms with Crippen LogP contribution in [-0.2, 0) is 14.4 Å². The molecule has 0 aromatic rings. The molecule has 0 aliphatic heterocycles. The first-order valence-electron chi connectivity index (χ1n) is 13.6. The van der Waals surface area contributed by atoms with Gasteiger partial charge in [-0.2, -0.15) is 0 Å². The van der Waals surface area contributed by atoms with Crippen molar-refractivity contribution in [1.29, 1.82) is 0 Å². The standard InChI is InChI=1S/C29H55O6P/c1-16(2)23(27(34)35)15-29(10,11)20(6)22(26(32)33)12-17(3)19(5)21(25(30)31)13-24(36)18(4)14-28(7,8)9/h16-24H,12-15,36H2,1-11H3,(H,30,31)(H,32,33)(H,34,35). The summed E-state index contributed by atoms with van der Waals surface area (Å²) in [6.07, 6.45) is 2.30. The van der Waals surface area contributed by atoms with Crippen molar-refractivity contribution < 1.29 is 29.7 Å². The quantitative estimate of drug-likeness (QED) is 0.182. The van der Waals surface area contributed by atoms with Crippen LogP contribution < -0.4 is 0 Å². The molecular formula is C29H55O6P. The number of carboxylic acid groups (broad SMARTS) is 3. The molecule has 0 bridgehead atoms. The van der Waals surface area contributed by atoms with E-state index in [0.29, 0.717) is 25.2 Å². The highest BCUT2D eigenvalue weighted by Crippen LogP contribution is 2.43. The van der Waals surface area contributed by atoms with Crippen molar-refractivity contribution >= 4 is 27.1 Å². The van der Waals surface area contributed by atoms with E-state index in [1.807, 2.05) is 48.5 Å². The smallest absolute Gasteiger partial charge is 0.306 e. The number of carboxylic acids is 3. The first-order chi connectivity index (χ1) is 16.1. The summed E-state index contributed by atoms with van der Waals surface area (Å²) in [4.78, 5) is 36.4. The van der Waals surface area contributed by atoms with Gasteiger partial charge in [-0.15, -0.1) is 9.24 Å². The maximum absolute atomic E-state index is 12.4. The zero-order valence-corrected chi connectivity index (χ0v) is 25.8. The van der Waals surface area contributed by atoms with Gasteiger partial charge in [-0.1, -0.05) is 76.2 Å². The van der Waals surface area contributed by atoms with E-state index in [-0.39, 0.29) is 34.7 Å². The predicted octanol–water partition coefficient (Wildman–Crippen LogP) is 7.17. The Morgan fingerprint density at radius 3 is 1.47 bits per heavy atom. The van der Waals surface area contributed by atoms with Crippen LogP contribution in [0.15, 0.2) is 0 Å². The molecule has 0 aromatic heterocycles. The fourth-order valence-corrected chi connectivity index (χ4v) is 6.05. The SMILES string of the molecule is CC(C)C(CC(C)(C)C(C)C(CC(C)C(C)C(CC(P)C(C)CC(C)(C)C)C(=O)O)C(=O)O)C(=O)O. The molecular weight excluding hydrogens is 475 g/mol. The molecule has 212 valence electrons. The van der Waals surface area contributed by atoms with Crippen molar-refractivity contribution in [2.24, 2.45) is 58.2 Å². The normalized spacial score (nSPS) is 19.6. The summed E-state index contributed by atoms with van der Waals surface area (Å²) in [6.45, 7) is 22.2. The average molecular weight is 531 g/mol. The second kappa shape index (κ2) is 14.1. The Balaban J connectivity index is 5.64. The van der Waals surface area contributed by atoms with Crippen LogP contribution in [0, 0.1) is 58.2 Å². The van der Waals surface area contributed by atoms with Gasteiger partial charge in [0.15, 0.2) is 0 Å². The molecule has 0 spiro atoms. The van der Waals surface area contributed by atoms with Crippen molar-refractivity contribution in [3.8, 4) is 0 Å². The lowest BCUT2D eigenvalue weighted by Crippen LogP contribution is -2.39. The van der Waals surface area contributed by atoms with E-state index in [2.05, 4.69) is 36.9 Å². The molecule has 0 aromatic carbocycles. The lowest BCUT2D eigenvalue weighted by molar-refractivity contribution is -0.148. The zero-order chi connectivity index (χ0) is 28.8. The van der Waals surface area contributed by atoms with Gasteiger partial charge in [-0.05, 0) is 71.8 Å². The van der Waals surface area contributed by atoms with Gasteiger partial charge in [0, 0.05) is 0 Å². The predicted molar refractivity (Wildman–Crippen MR) is 150 cm³/mol. The minimum Gasteiger partial charge on any atom is -0.481 e. The fourth-order valence-electron chi connectivity index (χ4n) is 5.62. The number of hydrogen-bond acceptors (Lipinski definition) is 3. The molecule has 36 heavy (non-hydrogen) atoms. The Morgan fingerprint density at radius 2 is 1.11 bits per heavy atom. The Bertz CT molecular complexity index is 726.